The van der Waals surface area contributed by atoms with Gasteiger partial charge in [-0.25, -0.2) is 0 Å². The third kappa shape index (κ3) is 3.71. The summed E-state index contributed by atoms with van der Waals surface area (Å²) >= 11 is 0. The Bertz CT molecular complexity index is 486. The van der Waals surface area contributed by atoms with E-state index in [2.05, 4.69) is 18.6 Å². The summed E-state index contributed by atoms with van der Waals surface area (Å²) in [4.78, 5) is 0. The number of halogens is 2. The van der Waals surface area contributed by atoms with Crippen LogP contribution in [0.2, 0.25) is 0 Å². The second-order valence-corrected chi connectivity index (χ2v) is 6.75. The Morgan fingerprint density at radius 2 is 1.76 bits per heavy atom. The first-order valence-electron chi connectivity index (χ1n) is 7.11. The van der Waals surface area contributed by atoms with Gasteiger partial charge in [0.25, 0.3) is 0 Å². The van der Waals surface area contributed by atoms with Crippen LogP contribution in [-0.2, 0) is 4.74 Å². The minimum Gasteiger partial charge on any atom is -0.435 e. The van der Waals surface area contributed by atoms with Gasteiger partial charge in [-0.15, -0.1) is 0 Å². The van der Waals surface area contributed by atoms with Crippen molar-refractivity contribution >= 4 is 0 Å². The highest BCUT2D eigenvalue weighted by Gasteiger charge is 2.48. The zero-order valence-electron chi connectivity index (χ0n) is 12.9. The van der Waals surface area contributed by atoms with E-state index < -0.39 is 6.61 Å². The van der Waals surface area contributed by atoms with Crippen molar-refractivity contribution in [3.63, 3.8) is 0 Å². The molecular formula is C16H23F2NO2. The van der Waals surface area contributed by atoms with Gasteiger partial charge in [-0.2, -0.15) is 8.78 Å². The first-order valence-corrected chi connectivity index (χ1v) is 7.11. The molecule has 2 rings (SSSR count). The van der Waals surface area contributed by atoms with Crippen LogP contribution in [0.3, 0.4) is 0 Å². The second-order valence-electron chi connectivity index (χ2n) is 6.75. The molecular weight excluding hydrogens is 276 g/mol. The summed E-state index contributed by atoms with van der Waals surface area (Å²) in [5.74, 6) is 0.303. The first-order chi connectivity index (χ1) is 9.61. The number of ether oxygens (including phenoxy) is 2. The van der Waals surface area contributed by atoms with Gasteiger partial charge in [0.15, 0.2) is 0 Å². The molecule has 1 saturated heterocycles. The molecule has 0 spiro atoms. The highest BCUT2D eigenvalue weighted by atomic mass is 19.3. The van der Waals surface area contributed by atoms with Crippen molar-refractivity contribution in [1.29, 1.82) is 0 Å². The van der Waals surface area contributed by atoms with Gasteiger partial charge in [-0.1, -0.05) is 12.1 Å². The van der Waals surface area contributed by atoms with Gasteiger partial charge in [0, 0.05) is 12.0 Å². The Kier molecular flexibility index (Phi) is 4.26. The predicted molar refractivity (Wildman–Crippen MR) is 77.4 cm³/mol. The van der Waals surface area contributed by atoms with E-state index in [4.69, 9.17) is 10.5 Å². The van der Waals surface area contributed by atoms with Gasteiger partial charge < -0.3 is 15.2 Å². The molecule has 1 aliphatic heterocycles. The Labute approximate surface area is 124 Å². The summed E-state index contributed by atoms with van der Waals surface area (Å²) in [7, 11) is 0. The minimum absolute atomic E-state index is 0.142. The van der Waals surface area contributed by atoms with Crippen LogP contribution in [0.1, 0.15) is 45.7 Å². The van der Waals surface area contributed by atoms with Gasteiger partial charge in [0.2, 0.25) is 0 Å². The largest absolute Gasteiger partial charge is 0.435 e. The first kappa shape index (κ1) is 16.2. The van der Waals surface area contributed by atoms with Crippen LogP contribution < -0.4 is 10.5 Å². The van der Waals surface area contributed by atoms with Gasteiger partial charge in [-0.3, -0.25) is 0 Å². The molecule has 1 heterocycles. The van der Waals surface area contributed by atoms with Crippen LogP contribution in [0.5, 0.6) is 5.75 Å². The number of hydrogen-bond donors (Lipinski definition) is 1. The van der Waals surface area contributed by atoms with Crippen LogP contribution in [0.15, 0.2) is 24.3 Å². The summed E-state index contributed by atoms with van der Waals surface area (Å²) in [5.41, 5.74) is 6.76. The fraction of sp³-hybridized carbons (Fsp3) is 0.625. The number of rotatable bonds is 4. The molecule has 1 aromatic rings. The molecule has 2 unspecified atom stereocenters. The minimum atomic E-state index is -2.81. The Hall–Kier alpha value is -1.20. The van der Waals surface area contributed by atoms with Crippen molar-refractivity contribution in [3.05, 3.63) is 29.8 Å². The number of hydrogen-bond acceptors (Lipinski definition) is 3. The standard InChI is InChI=1S/C16H23F2NO2/c1-15(2)9-12(16(3,4)21-15)13(19)10-5-7-11(8-6-10)20-14(17)18/h5-8,12-14H,9,19H2,1-4H3. The smallest absolute Gasteiger partial charge is 0.387 e. The molecule has 1 aliphatic rings. The van der Waals surface area contributed by atoms with Gasteiger partial charge in [0.1, 0.15) is 5.75 Å². The summed E-state index contributed by atoms with van der Waals surface area (Å²) in [6.45, 7) is 5.39. The Morgan fingerprint density at radius 3 is 2.19 bits per heavy atom. The summed E-state index contributed by atoms with van der Waals surface area (Å²) in [5, 5.41) is 0. The van der Waals surface area contributed by atoms with E-state index >= 15 is 0 Å². The Morgan fingerprint density at radius 1 is 1.19 bits per heavy atom. The lowest BCUT2D eigenvalue weighted by Gasteiger charge is -2.31. The van der Waals surface area contributed by atoms with E-state index in [1.165, 1.54) is 12.1 Å². The van der Waals surface area contributed by atoms with Gasteiger partial charge in [-0.05, 0) is 51.8 Å². The highest BCUT2D eigenvalue weighted by Crippen LogP contribution is 2.46. The molecule has 3 nitrogen and oxygen atoms in total. The average Bonchev–Trinajstić information content (AvgIpc) is 2.56. The molecule has 0 amide bonds. The van der Waals surface area contributed by atoms with Gasteiger partial charge in [0.05, 0.1) is 11.2 Å². The maximum Gasteiger partial charge on any atom is 0.387 e. The number of nitrogens with two attached hydrogens (primary N) is 1. The van der Waals surface area contributed by atoms with E-state index in [0.717, 1.165) is 12.0 Å². The van der Waals surface area contributed by atoms with Crippen LogP contribution in [0.25, 0.3) is 0 Å². The van der Waals surface area contributed by atoms with Crippen molar-refractivity contribution < 1.29 is 18.3 Å². The fourth-order valence-electron chi connectivity index (χ4n) is 3.27. The summed E-state index contributed by atoms with van der Waals surface area (Å²) in [6, 6.07) is 6.32. The molecule has 5 heteroatoms. The molecule has 0 aliphatic carbocycles. The average molecular weight is 299 g/mol. The van der Waals surface area contributed by atoms with E-state index in [-0.39, 0.29) is 28.9 Å². The van der Waals surface area contributed by atoms with E-state index in [1.54, 1.807) is 12.1 Å². The quantitative estimate of drug-likeness (QED) is 0.917. The molecule has 2 atom stereocenters. The monoisotopic (exact) mass is 299 g/mol. The van der Waals surface area contributed by atoms with Crippen LogP contribution in [0.4, 0.5) is 8.78 Å². The van der Waals surface area contributed by atoms with Crippen LogP contribution >= 0.6 is 0 Å². The lowest BCUT2D eigenvalue weighted by Crippen LogP contribution is -2.35. The lowest BCUT2D eigenvalue weighted by molar-refractivity contribution is -0.0767. The molecule has 0 saturated carbocycles. The zero-order chi connectivity index (χ0) is 15.8. The molecule has 1 fully saturated rings. The van der Waals surface area contributed by atoms with Crippen molar-refractivity contribution in [3.8, 4) is 5.75 Å². The van der Waals surface area contributed by atoms with Crippen LogP contribution in [0, 0.1) is 5.92 Å². The summed E-state index contributed by atoms with van der Waals surface area (Å²) < 4.78 is 34.7. The molecule has 0 bridgehead atoms. The van der Waals surface area contributed by atoms with Gasteiger partial charge >= 0.3 is 6.61 Å². The van der Waals surface area contributed by atoms with Crippen molar-refractivity contribution in [1.82, 2.24) is 0 Å². The fourth-order valence-corrected chi connectivity index (χ4v) is 3.27. The van der Waals surface area contributed by atoms with Crippen molar-refractivity contribution in [2.24, 2.45) is 11.7 Å². The predicted octanol–water partition coefficient (Wildman–Crippen LogP) is 3.88. The molecule has 0 radical (unpaired) electrons. The molecule has 1 aromatic carbocycles. The third-order valence-corrected chi connectivity index (χ3v) is 4.07. The Balaban J connectivity index is 2.14. The zero-order valence-corrected chi connectivity index (χ0v) is 12.9. The van der Waals surface area contributed by atoms with Crippen molar-refractivity contribution in [2.75, 3.05) is 0 Å². The number of alkyl halides is 2. The highest BCUT2D eigenvalue weighted by molar-refractivity contribution is 5.30. The lowest BCUT2D eigenvalue weighted by atomic mass is 9.79. The molecule has 2 N–H and O–H groups in total. The normalized spacial score (nSPS) is 25.0. The second kappa shape index (κ2) is 5.54. The van der Waals surface area contributed by atoms with E-state index in [0.29, 0.717) is 0 Å². The third-order valence-electron chi connectivity index (χ3n) is 4.07. The van der Waals surface area contributed by atoms with Crippen LogP contribution in [-0.4, -0.2) is 17.8 Å². The molecule has 21 heavy (non-hydrogen) atoms. The van der Waals surface area contributed by atoms with E-state index in [9.17, 15) is 8.78 Å². The van der Waals surface area contributed by atoms with Crippen molar-refractivity contribution in [2.45, 2.75) is 58.0 Å². The molecule has 118 valence electrons. The maximum atomic E-state index is 12.1. The topological polar surface area (TPSA) is 44.5 Å². The SMILES string of the molecule is CC1(C)CC(C(N)c2ccc(OC(F)F)cc2)C(C)(C)O1. The number of benzene rings is 1. The molecule has 0 aromatic heterocycles. The summed E-state index contributed by atoms with van der Waals surface area (Å²) in [6.07, 6.45) is 0.858. The maximum absolute atomic E-state index is 12.1. The van der Waals surface area contributed by atoms with E-state index in [1.807, 2.05) is 13.8 Å².